The minimum atomic E-state index is 0.223. The lowest BCUT2D eigenvalue weighted by molar-refractivity contribution is -0.130. The number of nitrogens with one attached hydrogen (secondary N) is 1. The molecule has 134 valence electrons. The van der Waals surface area contributed by atoms with Crippen LogP contribution in [-0.2, 0) is 11.2 Å². The zero-order chi connectivity index (χ0) is 18.1. The maximum absolute atomic E-state index is 12.7. The summed E-state index contributed by atoms with van der Waals surface area (Å²) < 4.78 is 0. The summed E-state index contributed by atoms with van der Waals surface area (Å²) in [5.74, 6) is 0.223. The van der Waals surface area contributed by atoms with Gasteiger partial charge in [0.1, 0.15) is 0 Å². The molecule has 4 nitrogen and oxygen atoms in total. The van der Waals surface area contributed by atoms with Gasteiger partial charge in [-0.25, -0.2) is 0 Å². The Morgan fingerprint density at radius 2 is 1.85 bits per heavy atom. The van der Waals surface area contributed by atoms with Crippen LogP contribution in [0.25, 0.3) is 10.9 Å². The van der Waals surface area contributed by atoms with E-state index in [0.29, 0.717) is 6.42 Å². The molecule has 0 spiro atoms. The topological polar surface area (TPSA) is 39.3 Å². The molecule has 2 aromatic carbocycles. The highest BCUT2D eigenvalue weighted by atomic mass is 16.2. The summed E-state index contributed by atoms with van der Waals surface area (Å²) in [6.45, 7) is 7.70. The monoisotopic (exact) mass is 347 g/mol. The summed E-state index contributed by atoms with van der Waals surface area (Å²) in [6.07, 6.45) is 2.41. The van der Waals surface area contributed by atoms with Crippen LogP contribution in [0.3, 0.4) is 0 Å². The van der Waals surface area contributed by atoms with Gasteiger partial charge in [-0.05, 0) is 60.2 Å². The van der Waals surface area contributed by atoms with E-state index in [1.807, 2.05) is 23.2 Å². The number of anilines is 1. The predicted molar refractivity (Wildman–Crippen MR) is 107 cm³/mol. The Hall–Kier alpha value is -2.75. The molecule has 0 unspecified atom stereocenters. The normalized spacial score (nSPS) is 14.8. The summed E-state index contributed by atoms with van der Waals surface area (Å²) in [5.41, 5.74) is 6.16. The van der Waals surface area contributed by atoms with Crippen LogP contribution in [0.5, 0.6) is 0 Å². The van der Waals surface area contributed by atoms with Gasteiger partial charge < -0.3 is 14.8 Å². The number of H-pyrrole nitrogens is 1. The molecule has 1 N–H and O–H groups in total. The minimum Gasteiger partial charge on any atom is -0.368 e. The number of carbonyl (C=O) groups is 1. The van der Waals surface area contributed by atoms with Gasteiger partial charge in [-0.2, -0.15) is 0 Å². The smallest absolute Gasteiger partial charge is 0.227 e. The third-order valence-corrected chi connectivity index (χ3v) is 5.52. The number of piperazine rings is 1. The molecule has 1 aliphatic rings. The molecule has 1 aliphatic heterocycles. The molecule has 0 atom stereocenters. The number of benzene rings is 2. The average Bonchev–Trinajstić information content (AvgIpc) is 3.12. The fourth-order valence-corrected chi connectivity index (χ4v) is 3.77. The number of aromatic amines is 1. The number of nitrogens with zero attached hydrogens (tertiary/aromatic N) is 2. The van der Waals surface area contributed by atoms with Crippen molar-refractivity contribution in [2.45, 2.75) is 20.3 Å². The third-order valence-electron chi connectivity index (χ3n) is 5.52. The van der Waals surface area contributed by atoms with Crippen molar-refractivity contribution >= 4 is 22.5 Å². The Morgan fingerprint density at radius 3 is 2.65 bits per heavy atom. The first-order chi connectivity index (χ1) is 12.6. The highest BCUT2D eigenvalue weighted by Crippen LogP contribution is 2.24. The van der Waals surface area contributed by atoms with E-state index in [2.05, 4.69) is 54.1 Å². The van der Waals surface area contributed by atoms with Crippen molar-refractivity contribution in [1.29, 1.82) is 0 Å². The summed E-state index contributed by atoms with van der Waals surface area (Å²) in [6, 6.07) is 14.7. The summed E-state index contributed by atoms with van der Waals surface area (Å²) >= 11 is 0. The number of aromatic nitrogens is 1. The van der Waals surface area contributed by atoms with E-state index in [-0.39, 0.29) is 5.91 Å². The van der Waals surface area contributed by atoms with Crippen LogP contribution in [0.1, 0.15) is 16.7 Å². The second kappa shape index (κ2) is 6.87. The molecule has 3 aromatic rings. The lowest BCUT2D eigenvalue weighted by Crippen LogP contribution is -2.49. The van der Waals surface area contributed by atoms with Gasteiger partial charge in [-0.15, -0.1) is 0 Å². The predicted octanol–water partition coefficient (Wildman–Crippen LogP) is 3.68. The van der Waals surface area contributed by atoms with Crippen LogP contribution < -0.4 is 4.90 Å². The molecule has 1 saturated heterocycles. The lowest BCUT2D eigenvalue weighted by atomic mass is 10.1. The Labute approximate surface area is 154 Å². The van der Waals surface area contributed by atoms with E-state index in [4.69, 9.17) is 0 Å². The highest BCUT2D eigenvalue weighted by Gasteiger charge is 2.22. The zero-order valence-corrected chi connectivity index (χ0v) is 15.5. The van der Waals surface area contributed by atoms with Gasteiger partial charge in [0.25, 0.3) is 0 Å². The first-order valence-corrected chi connectivity index (χ1v) is 9.27. The SMILES string of the molecule is Cc1cccc(N2CCN(C(=O)Cc3ccc4[nH]ccc4c3)CC2)c1C. The summed E-state index contributed by atoms with van der Waals surface area (Å²) in [5, 5.41) is 1.16. The van der Waals surface area contributed by atoms with Crippen molar-refractivity contribution in [1.82, 2.24) is 9.88 Å². The van der Waals surface area contributed by atoms with E-state index in [9.17, 15) is 4.79 Å². The summed E-state index contributed by atoms with van der Waals surface area (Å²) in [7, 11) is 0. The molecule has 0 saturated carbocycles. The second-order valence-corrected chi connectivity index (χ2v) is 7.16. The fraction of sp³-hybridized carbons (Fsp3) is 0.318. The zero-order valence-electron chi connectivity index (χ0n) is 15.5. The first-order valence-electron chi connectivity index (χ1n) is 9.27. The summed E-state index contributed by atoms with van der Waals surface area (Å²) in [4.78, 5) is 20.3. The lowest BCUT2D eigenvalue weighted by Gasteiger charge is -2.37. The molecule has 26 heavy (non-hydrogen) atoms. The van der Waals surface area contributed by atoms with Crippen molar-refractivity contribution in [3.63, 3.8) is 0 Å². The number of rotatable bonds is 3. The van der Waals surface area contributed by atoms with Gasteiger partial charge >= 0.3 is 0 Å². The number of hydrogen-bond acceptors (Lipinski definition) is 2. The van der Waals surface area contributed by atoms with Gasteiger partial charge in [-0.3, -0.25) is 4.79 Å². The first kappa shape index (κ1) is 16.7. The molecular weight excluding hydrogens is 322 g/mol. The van der Waals surface area contributed by atoms with E-state index >= 15 is 0 Å². The average molecular weight is 347 g/mol. The Kier molecular flexibility index (Phi) is 4.41. The van der Waals surface area contributed by atoms with Crippen LogP contribution >= 0.6 is 0 Å². The minimum absolute atomic E-state index is 0.223. The van der Waals surface area contributed by atoms with E-state index in [1.54, 1.807) is 0 Å². The van der Waals surface area contributed by atoms with Gasteiger partial charge in [0.15, 0.2) is 0 Å². The van der Waals surface area contributed by atoms with E-state index in [1.165, 1.54) is 16.8 Å². The van der Waals surface area contributed by atoms with E-state index < -0.39 is 0 Å². The molecular formula is C22H25N3O. The number of hydrogen-bond donors (Lipinski definition) is 1. The van der Waals surface area contributed by atoms with Crippen LogP contribution in [0.15, 0.2) is 48.7 Å². The van der Waals surface area contributed by atoms with Gasteiger partial charge in [-0.1, -0.05) is 18.2 Å². The Balaban J connectivity index is 1.39. The van der Waals surface area contributed by atoms with Crippen molar-refractivity contribution in [2.75, 3.05) is 31.1 Å². The molecule has 0 aliphatic carbocycles. The van der Waals surface area contributed by atoms with Crippen LogP contribution in [-0.4, -0.2) is 42.0 Å². The molecule has 4 rings (SSSR count). The standard InChI is InChI=1S/C22H25N3O/c1-16-4-3-5-21(17(16)2)24-10-12-25(13-11-24)22(26)15-18-6-7-20-19(14-18)8-9-23-20/h3-9,14,23H,10-13,15H2,1-2H3. The fourth-order valence-electron chi connectivity index (χ4n) is 3.77. The maximum Gasteiger partial charge on any atom is 0.227 e. The molecule has 1 fully saturated rings. The number of aryl methyl sites for hydroxylation is 1. The molecule has 0 radical (unpaired) electrons. The third kappa shape index (κ3) is 3.19. The highest BCUT2D eigenvalue weighted by molar-refractivity contribution is 5.83. The van der Waals surface area contributed by atoms with Crippen molar-refractivity contribution in [2.24, 2.45) is 0 Å². The Morgan fingerprint density at radius 1 is 1.04 bits per heavy atom. The van der Waals surface area contributed by atoms with Crippen molar-refractivity contribution in [3.05, 3.63) is 65.4 Å². The number of carbonyl (C=O) groups excluding carboxylic acids is 1. The van der Waals surface area contributed by atoms with Crippen LogP contribution in [0.2, 0.25) is 0 Å². The molecule has 2 heterocycles. The van der Waals surface area contributed by atoms with Crippen LogP contribution in [0.4, 0.5) is 5.69 Å². The van der Waals surface area contributed by atoms with Gasteiger partial charge in [0.05, 0.1) is 6.42 Å². The Bertz CT molecular complexity index is 935. The maximum atomic E-state index is 12.7. The van der Waals surface area contributed by atoms with Crippen molar-refractivity contribution in [3.8, 4) is 0 Å². The quantitative estimate of drug-likeness (QED) is 0.785. The van der Waals surface area contributed by atoms with Gasteiger partial charge in [0, 0.05) is 43.6 Å². The van der Waals surface area contributed by atoms with Gasteiger partial charge in [0.2, 0.25) is 5.91 Å². The largest absolute Gasteiger partial charge is 0.368 e. The molecule has 0 bridgehead atoms. The second-order valence-electron chi connectivity index (χ2n) is 7.16. The van der Waals surface area contributed by atoms with Crippen molar-refractivity contribution < 1.29 is 4.79 Å². The molecule has 4 heteroatoms. The number of fused-ring (bicyclic) bond motifs is 1. The van der Waals surface area contributed by atoms with Crippen LogP contribution in [0, 0.1) is 13.8 Å². The number of amides is 1. The molecule has 1 amide bonds. The molecule has 1 aromatic heterocycles. The van der Waals surface area contributed by atoms with E-state index in [0.717, 1.165) is 42.6 Å².